The van der Waals surface area contributed by atoms with Crippen molar-refractivity contribution in [3.05, 3.63) is 71.9 Å². The van der Waals surface area contributed by atoms with Gasteiger partial charge in [0.1, 0.15) is 0 Å². The van der Waals surface area contributed by atoms with E-state index in [1.807, 2.05) is 12.3 Å². The van der Waals surface area contributed by atoms with E-state index in [1.54, 1.807) is 0 Å². The van der Waals surface area contributed by atoms with Gasteiger partial charge in [-0.1, -0.05) is 43.0 Å². The Labute approximate surface area is 149 Å². The molecule has 1 aromatic heterocycles. The topological polar surface area (TPSA) is 31.9 Å². The zero-order valence-electron chi connectivity index (χ0n) is 14.6. The first-order chi connectivity index (χ1) is 12.3. The standard InChI is InChI=1S/C22H25N3/c1-2-17-5-7-18(8-6-17)15-25-11-3-4-20(16-25)12-19-9-10-22-21(13-19)14-23-24-22/h2,5-10,13-14,20H,1,3-4,11-12,15-16H2,(H,23,24). The van der Waals surface area contributed by atoms with Gasteiger partial charge in [-0.25, -0.2) is 0 Å². The normalized spacial score (nSPS) is 18.5. The van der Waals surface area contributed by atoms with E-state index in [4.69, 9.17) is 0 Å². The van der Waals surface area contributed by atoms with Crippen LogP contribution in [0.5, 0.6) is 0 Å². The molecule has 0 radical (unpaired) electrons. The lowest BCUT2D eigenvalue weighted by Crippen LogP contribution is -2.35. The third kappa shape index (κ3) is 3.83. The first-order valence-electron chi connectivity index (χ1n) is 9.16. The second kappa shape index (κ2) is 7.24. The van der Waals surface area contributed by atoms with Crippen LogP contribution in [0.3, 0.4) is 0 Å². The fraction of sp³-hybridized carbons (Fsp3) is 0.318. The molecule has 1 saturated heterocycles. The van der Waals surface area contributed by atoms with Gasteiger partial charge in [0.05, 0.1) is 11.7 Å². The number of aromatic amines is 1. The van der Waals surface area contributed by atoms with Gasteiger partial charge in [0.15, 0.2) is 0 Å². The number of aromatic nitrogens is 2. The smallest absolute Gasteiger partial charge is 0.0650 e. The molecule has 128 valence electrons. The third-order valence-corrected chi connectivity index (χ3v) is 5.25. The Hall–Kier alpha value is -2.39. The number of benzene rings is 2. The predicted molar refractivity (Wildman–Crippen MR) is 104 cm³/mol. The van der Waals surface area contributed by atoms with E-state index in [9.17, 15) is 0 Å². The van der Waals surface area contributed by atoms with E-state index in [-0.39, 0.29) is 0 Å². The molecule has 2 heterocycles. The van der Waals surface area contributed by atoms with Crippen LogP contribution in [-0.4, -0.2) is 28.2 Å². The molecule has 2 aromatic carbocycles. The molecule has 25 heavy (non-hydrogen) atoms. The molecule has 1 aliphatic rings. The molecule has 3 heteroatoms. The first kappa shape index (κ1) is 16.1. The lowest BCUT2D eigenvalue weighted by Gasteiger charge is -2.33. The summed E-state index contributed by atoms with van der Waals surface area (Å²) in [4.78, 5) is 2.60. The number of rotatable bonds is 5. The van der Waals surface area contributed by atoms with Crippen LogP contribution in [0.2, 0.25) is 0 Å². The quantitative estimate of drug-likeness (QED) is 0.737. The first-order valence-corrected chi connectivity index (χ1v) is 9.16. The van der Waals surface area contributed by atoms with Crippen LogP contribution in [0.25, 0.3) is 17.0 Å². The number of fused-ring (bicyclic) bond motifs is 1. The van der Waals surface area contributed by atoms with Crippen LogP contribution in [0.15, 0.2) is 55.2 Å². The van der Waals surface area contributed by atoms with Gasteiger partial charge in [-0.2, -0.15) is 5.10 Å². The Morgan fingerprint density at radius 1 is 1.16 bits per heavy atom. The Balaban J connectivity index is 1.38. The number of piperidine rings is 1. The number of nitrogens with zero attached hydrogens (tertiary/aromatic N) is 2. The fourth-order valence-corrected chi connectivity index (χ4v) is 3.93. The molecule has 0 spiro atoms. The molecule has 3 nitrogen and oxygen atoms in total. The lowest BCUT2D eigenvalue weighted by molar-refractivity contribution is 0.167. The van der Waals surface area contributed by atoms with Crippen molar-refractivity contribution in [1.29, 1.82) is 0 Å². The maximum Gasteiger partial charge on any atom is 0.0650 e. The molecular weight excluding hydrogens is 306 g/mol. The maximum absolute atomic E-state index is 4.12. The number of nitrogens with one attached hydrogen (secondary N) is 1. The minimum Gasteiger partial charge on any atom is -0.299 e. The van der Waals surface area contributed by atoms with Crippen molar-refractivity contribution in [1.82, 2.24) is 15.1 Å². The molecule has 0 amide bonds. The van der Waals surface area contributed by atoms with E-state index < -0.39 is 0 Å². The summed E-state index contributed by atoms with van der Waals surface area (Å²) >= 11 is 0. The molecule has 1 unspecified atom stereocenters. The highest BCUT2D eigenvalue weighted by Gasteiger charge is 2.20. The summed E-state index contributed by atoms with van der Waals surface area (Å²) < 4.78 is 0. The maximum atomic E-state index is 4.12. The molecule has 1 atom stereocenters. The van der Waals surface area contributed by atoms with Gasteiger partial charge >= 0.3 is 0 Å². The summed E-state index contributed by atoms with van der Waals surface area (Å²) in [6.07, 6.45) is 7.60. The van der Waals surface area contributed by atoms with Gasteiger partial charge in [0.2, 0.25) is 0 Å². The third-order valence-electron chi connectivity index (χ3n) is 5.25. The summed E-state index contributed by atoms with van der Waals surface area (Å²) in [5.74, 6) is 0.741. The van der Waals surface area contributed by atoms with E-state index in [1.165, 1.54) is 48.0 Å². The zero-order valence-corrected chi connectivity index (χ0v) is 14.6. The van der Waals surface area contributed by atoms with Gasteiger partial charge in [-0.3, -0.25) is 10.00 Å². The van der Waals surface area contributed by atoms with Crippen molar-refractivity contribution in [3.63, 3.8) is 0 Å². The van der Waals surface area contributed by atoms with E-state index >= 15 is 0 Å². The lowest BCUT2D eigenvalue weighted by atomic mass is 9.90. The molecule has 1 fully saturated rings. The van der Waals surface area contributed by atoms with Crippen molar-refractivity contribution in [2.45, 2.75) is 25.8 Å². The highest BCUT2D eigenvalue weighted by Crippen LogP contribution is 2.24. The minimum absolute atomic E-state index is 0.741. The number of hydrogen-bond donors (Lipinski definition) is 1. The fourth-order valence-electron chi connectivity index (χ4n) is 3.93. The van der Waals surface area contributed by atoms with Crippen LogP contribution in [0, 0.1) is 5.92 Å². The Kier molecular flexibility index (Phi) is 4.66. The molecule has 1 N–H and O–H groups in total. The molecule has 3 aromatic rings. The molecule has 0 bridgehead atoms. The van der Waals surface area contributed by atoms with Crippen LogP contribution in [-0.2, 0) is 13.0 Å². The van der Waals surface area contributed by atoms with Gasteiger partial charge in [-0.05, 0) is 60.5 Å². The summed E-state index contributed by atoms with van der Waals surface area (Å²) in [5, 5.41) is 8.36. The van der Waals surface area contributed by atoms with Gasteiger partial charge in [-0.15, -0.1) is 0 Å². The van der Waals surface area contributed by atoms with Crippen LogP contribution in [0.1, 0.15) is 29.5 Å². The Morgan fingerprint density at radius 2 is 2.00 bits per heavy atom. The molecule has 0 saturated carbocycles. The largest absolute Gasteiger partial charge is 0.299 e. The summed E-state index contributed by atoms with van der Waals surface area (Å²) in [7, 11) is 0. The van der Waals surface area contributed by atoms with Crippen LogP contribution in [0.4, 0.5) is 0 Å². The second-order valence-electron chi connectivity index (χ2n) is 7.18. The highest BCUT2D eigenvalue weighted by molar-refractivity contribution is 5.78. The summed E-state index contributed by atoms with van der Waals surface area (Å²) in [6.45, 7) is 7.27. The molecular formula is C22H25N3. The van der Waals surface area contributed by atoms with Crippen LogP contribution >= 0.6 is 0 Å². The van der Waals surface area contributed by atoms with Crippen LogP contribution < -0.4 is 0 Å². The average Bonchev–Trinajstić information content (AvgIpc) is 3.10. The Bertz CT molecular complexity index is 847. The number of likely N-dealkylation sites (tertiary alicyclic amines) is 1. The van der Waals surface area contributed by atoms with E-state index in [0.29, 0.717) is 0 Å². The van der Waals surface area contributed by atoms with Gasteiger partial charge < -0.3 is 0 Å². The summed E-state index contributed by atoms with van der Waals surface area (Å²) in [6, 6.07) is 15.5. The van der Waals surface area contributed by atoms with Crippen molar-refractivity contribution in [2.24, 2.45) is 5.92 Å². The van der Waals surface area contributed by atoms with Gasteiger partial charge in [0.25, 0.3) is 0 Å². The highest BCUT2D eigenvalue weighted by atomic mass is 15.1. The van der Waals surface area contributed by atoms with E-state index in [0.717, 1.165) is 24.4 Å². The second-order valence-corrected chi connectivity index (χ2v) is 7.18. The SMILES string of the molecule is C=Cc1ccc(CN2CCCC(Cc3ccc4[nH]ncc4c3)C2)cc1. The van der Waals surface area contributed by atoms with Crippen molar-refractivity contribution >= 4 is 17.0 Å². The Morgan fingerprint density at radius 3 is 2.84 bits per heavy atom. The monoisotopic (exact) mass is 331 g/mol. The average molecular weight is 331 g/mol. The van der Waals surface area contributed by atoms with Crippen molar-refractivity contribution < 1.29 is 0 Å². The zero-order chi connectivity index (χ0) is 17.1. The number of H-pyrrole nitrogens is 1. The van der Waals surface area contributed by atoms with Crippen molar-refractivity contribution in [3.8, 4) is 0 Å². The van der Waals surface area contributed by atoms with Gasteiger partial charge in [0, 0.05) is 18.5 Å². The molecule has 4 rings (SSSR count). The number of hydrogen-bond acceptors (Lipinski definition) is 2. The van der Waals surface area contributed by atoms with E-state index in [2.05, 4.69) is 64.1 Å². The molecule has 0 aliphatic carbocycles. The van der Waals surface area contributed by atoms with Crippen molar-refractivity contribution in [2.75, 3.05) is 13.1 Å². The molecule has 1 aliphatic heterocycles. The minimum atomic E-state index is 0.741. The predicted octanol–water partition coefficient (Wildman–Crippen LogP) is 4.66. The summed E-state index contributed by atoms with van der Waals surface area (Å²) in [5.41, 5.74) is 5.13.